The molecule has 0 N–H and O–H groups in total. The molecule has 246 valence electrons. The third kappa shape index (κ3) is 4.46. The minimum atomic E-state index is 0.613. The van der Waals surface area contributed by atoms with Gasteiger partial charge in [0, 0.05) is 43.6 Å². The lowest BCUT2D eigenvalue weighted by molar-refractivity contribution is 0.670. The molecule has 5 nitrogen and oxygen atoms in total. The summed E-state index contributed by atoms with van der Waals surface area (Å²) in [6, 6.07) is 54.7. The van der Waals surface area contributed by atoms with Gasteiger partial charge in [-0.05, 0) is 47.3 Å². The lowest BCUT2D eigenvalue weighted by atomic mass is 9.91. The van der Waals surface area contributed by atoms with Crippen molar-refractivity contribution < 1.29 is 4.42 Å². The predicted octanol–water partition coefficient (Wildman–Crippen LogP) is 13.0. The van der Waals surface area contributed by atoms with Crippen LogP contribution in [0.5, 0.6) is 0 Å². The van der Waals surface area contributed by atoms with Crippen LogP contribution < -0.4 is 4.90 Å². The molecule has 0 aliphatic carbocycles. The molecule has 0 radical (unpaired) electrons. The fraction of sp³-hybridized carbons (Fsp3) is 0.0426. The summed E-state index contributed by atoms with van der Waals surface area (Å²) in [4.78, 5) is 18.1. The number of aromatic nitrogens is 3. The number of para-hydroxylation sites is 4. The van der Waals surface area contributed by atoms with E-state index >= 15 is 0 Å². The molecule has 0 atom stereocenters. The zero-order chi connectivity index (χ0) is 34.8. The van der Waals surface area contributed by atoms with Crippen molar-refractivity contribution in [3.05, 3.63) is 158 Å². The Balaban J connectivity index is 0.00000166. The molecule has 4 heterocycles. The number of pyridine rings is 1. The molecule has 0 spiro atoms. The molecule has 1 aliphatic rings. The number of hydrogen-bond acceptors (Lipinski definition) is 5. The minimum Gasteiger partial charge on any atom is -0.455 e. The van der Waals surface area contributed by atoms with Crippen LogP contribution in [0, 0.1) is 0 Å². The van der Waals surface area contributed by atoms with E-state index in [1.54, 1.807) is 0 Å². The van der Waals surface area contributed by atoms with E-state index < -0.39 is 0 Å². The van der Waals surface area contributed by atoms with Gasteiger partial charge >= 0.3 is 0 Å². The van der Waals surface area contributed by atoms with Crippen molar-refractivity contribution in [3.63, 3.8) is 0 Å². The third-order valence-corrected chi connectivity index (χ3v) is 9.99. The largest absolute Gasteiger partial charge is 0.455 e. The SMILES string of the molecule is CC.c1ccc(-c2nc(N3c4ccc(-c5cccc6c5oc5ccccc56)cc4-c4nc5ccccc5c5cccc3c45)nc3ccccc23)cc1. The summed E-state index contributed by atoms with van der Waals surface area (Å²) in [6.45, 7) is 4.00. The highest BCUT2D eigenvalue weighted by Crippen LogP contribution is 2.52. The Kier molecular flexibility index (Phi) is 6.86. The summed E-state index contributed by atoms with van der Waals surface area (Å²) in [6.07, 6.45) is 0. The van der Waals surface area contributed by atoms with Gasteiger partial charge in [0.05, 0.1) is 33.8 Å². The van der Waals surface area contributed by atoms with Gasteiger partial charge in [0.15, 0.2) is 0 Å². The van der Waals surface area contributed by atoms with Crippen molar-refractivity contribution in [1.82, 2.24) is 15.0 Å². The number of hydrogen-bond donors (Lipinski definition) is 0. The van der Waals surface area contributed by atoms with Crippen molar-refractivity contribution >= 4 is 71.8 Å². The zero-order valence-electron chi connectivity index (χ0n) is 28.7. The highest BCUT2D eigenvalue weighted by Gasteiger charge is 2.31. The third-order valence-electron chi connectivity index (χ3n) is 9.99. The van der Waals surface area contributed by atoms with Gasteiger partial charge in [0.2, 0.25) is 5.95 Å². The first-order valence-corrected chi connectivity index (χ1v) is 17.8. The monoisotopic (exact) mass is 668 g/mol. The fourth-order valence-electron chi connectivity index (χ4n) is 7.76. The van der Waals surface area contributed by atoms with E-state index in [4.69, 9.17) is 19.4 Å². The van der Waals surface area contributed by atoms with Crippen molar-refractivity contribution in [2.75, 3.05) is 4.90 Å². The average Bonchev–Trinajstić information content (AvgIpc) is 3.61. The van der Waals surface area contributed by atoms with E-state index in [0.29, 0.717) is 5.95 Å². The van der Waals surface area contributed by atoms with E-state index in [-0.39, 0.29) is 0 Å². The van der Waals surface area contributed by atoms with Gasteiger partial charge < -0.3 is 4.42 Å². The van der Waals surface area contributed by atoms with Crippen molar-refractivity contribution in [3.8, 4) is 33.6 Å². The lowest BCUT2D eigenvalue weighted by Crippen LogP contribution is -2.18. The van der Waals surface area contributed by atoms with E-state index in [2.05, 4.69) is 132 Å². The highest BCUT2D eigenvalue weighted by molar-refractivity contribution is 6.20. The summed E-state index contributed by atoms with van der Waals surface area (Å²) in [5.74, 6) is 0.613. The summed E-state index contributed by atoms with van der Waals surface area (Å²) in [5, 5.41) is 6.57. The van der Waals surface area contributed by atoms with Crippen LogP contribution in [0.1, 0.15) is 13.8 Å². The summed E-state index contributed by atoms with van der Waals surface area (Å²) >= 11 is 0. The van der Waals surface area contributed by atoms with E-state index in [0.717, 1.165) is 99.5 Å². The molecule has 0 amide bonds. The second-order valence-electron chi connectivity index (χ2n) is 12.8. The maximum atomic E-state index is 6.49. The highest BCUT2D eigenvalue weighted by atomic mass is 16.3. The van der Waals surface area contributed by atoms with Crippen molar-refractivity contribution in [2.45, 2.75) is 13.8 Å². The van der Waals surface area contributed by atoms with Gasteiger partial charge in [-0.2, -0.15) is 0 Å². The molecule has 0 bridgehead atoms. The average molecular weight is 669 g/mol. The van der Waals surface area contributed by atoms with Crippen molar-refractivity contribution in [2.24, 2.45) is 0 Å². The first-order valence-electron chi connectivity index (χ1n) is 17.8. The Morgan fingerprint density at radius 3 is 1.96 bits per heavy atom. The van der Waals surface area contributed by atoms with Gasteiger partial charge in [-0.1, -0.05) is 135 Å². The van der Waals surface area contributed by atoms with E-state index in [1.165, 1.54) is 0 Å². The molecule has 1 aliphatic heterocycles. The lowest BCUT2D eigenvalue weighted by Gasteiger charge is -2.32. The molecule has 11 rings (SSSR count). The van der Waals surface area contributed by atoms with Crippen LogP contribution in [-0.4, -0.2) is 15.0 Å². The molecule has 3 aromatic heterocycles. The number of fused-ring (bicyclic) bond motifs is 8. The first-order chi connectivity index (χ1) is 25.8. The van der Waals surface area contributed by atoms with Gasteiger partial charge in [-0.3, -0.25) is 4.90 Å². The van der Waals surface area contributed by atoms with Crippen LogP contribution in [0.25, 0.3) is 88.2 Å². The number of anilines is 3. The normalized spacial score (nSPS) is 12.0. The number of nitrogens with zero attached hydrogens (tertiary/aromatic N) is 4. The molecule has 5 heteroatoms. The number of furan rings is 1. The predicted molar refractivity (Wildman–Crippen MR) is 216 cm³/mol. The first kappa shape index (κ1) is 30.0. The van der Waals surface area contributed by atoms with Crippen LogP contribution >= 0.6 is 0 Å². The Bertz CT molecular complexity index is 3000. The van der Waals surface area contributed by atoms with E-state index in [1.807, 2.05) is 44.2 Å². The Morgan fingerprint density at radius 1 is 0.442 bits per heavy atom. The van der Waals surface area contributed by atoms with Gasteiger partial charge in [0.25, 0.3) is 0 Å². The Hall–Kier alpha value is -6.85. The van der Waals surface area contributed by atoms with Crippen LogP contribution in [-0.2, 0) is 0 Å². The Labute approximate surface area is 300 Å². The number of rotatable bonds is 3. The van der Waals surface area contributed by atoms with Gasteiger partial charge in [-0.15, -0.1) is 0 Å². The molecule has 0 fully saturated rings. The van der Waals surface area contributed by atoms with E-state index in [9.17, 15) is 0 Å². The maximum absolute atomic E-state index is 6.49. The van der Waals surface area contributed by atoms with Crippen LogP contribution in [0.3, 0.4) is 0 Å². The van der Waals surface area contributed by atoms with Gasteiger partial charge in [-0.25, -0.2) is 15.0 Å². The molecular weight excluding hydrogens is 637 g/mol. The molecule has 0 saturated heterocycles. The summed E-state index contributed by atoms with van der Waals surface area (Å²) in [7, 11) is 0. The van der Waals surface area contributed by atoms with Crippen LogP contribution in [0.15, 0.2) is 162 Å². The van der Waals surface area contributed by atoms with Crippen molar-refractivity contribution in [1.29, 1.82) is 0 Å². The minimum absolute atomic E-state index is 0.613. The second-order valence-corrected chi connectivity index (χ2v) is 12.8. The maximum Gasteiger partial charge on any atom is 0.235 e. The molecular formula is C47H32N4O. The molecule has 0 saturated carbocycles. The summed E-state index contributed by atoms with van der Waals surface area (Å²) in [5.41, 5.74) is 11.6. The zero-order valence-corrected chi connectivity index (χ0v) is 28.7. The van der Waals surface area contributed by atoms with Gasteiger partial charge in [0.1, 0.15) is 11.2 Å². The quantitative estimate of drug-likeness (QED) is 0.175. The molecule has 10 aromatic rings. The standard InChI is InChI=1S/C45H26N4O.C2H6/c1-2-12-27(13-3-1)42-34-16-5-8-21-37(34)47-45(48-42)49-38-25-24-28(29-17-10-19-33-31-15-6-9-23-40(31)50-44(29)33)26-35(38)43-41-32(18-11-22-39(41)49)30-14-4-7-20-36(30)46-43;1-2/h1-26H;1-2H3. The number of benzene rings is 7. The molecule has 0 unspecified atom stereocenters. The second kappa shape index (κ2) is 11.9. The molecule has 52 heavy (non-hydrogen) atoms. The van der Waals surface area contributed by atoms with Crippen LogP contribution in [0.4, 0.5) is 17.3 Å². The summed E-state index contributed by atoms with van der Waals surface area (Å²) < 4.78 is 6.49. The van der Waals surface area contributed by atoms with Crippen LogP contribution in [0.2, 0.25) is 0 Å². The Morgan fingerprint density at radius 2 is 1.12 bits per heavy atom. The topological polar surface area (TPSA) is 55.1 Å². The smallest absolute Gasteiger partial charge is 0.235 e. The molecule has 7 aromatic carbocycles. The fourth-order valence-corrected chi connectivity index (χ4v) is 7.76.